The third kappa shape index (κ3) is 3.42. The molecule has 3 N–H and O–H groups in total. The molecule has 1 aromatic rings. The second-order valence-corrected chi connectivity index (χ2v) is 5.57. The van der Waals surface area contributed by atoms with E-state index in [1.165, 1.54) is 0 Å². The van der Waals surface area contributed by atoms with Crippen LogP contribution in [0.5, 0.6) is 0 Å². The van der Waals surface area contributed by atoms with Gasteiger partial charge in [-0.25, -0.2) is 0 Å². The molecule has 5 heteroatoms. The highest BCUT2D eigenvalue weighted by Gasteiger charge is 2.34. The number of hydrogen-bond acceptors (Lipinski definition) is 3. The first-order chi connectivity index (χ1) is 10.0. The fourth-order valence-corrected chi connectivity index (χ4v) is 2.74. The van der Waals surface area contributed by atoms with E-state index in [1.54, 1.807) is 4.90 Å². The van der Waals surface area contributed by atoms with Crippen LogP contribution in [-0.4, -0.2) is 35.8 Å². The van der Waals surface area contributed by atoms with E-state index >= 15 is 0 Å². The van der Waals surface area contributed by atoms with E-state index in [-0.39, 0.29) is 11.8 Å². The lowest BCUT2D eigenvalue weighted by Gasteiger charge is -2.36. The molecule has 5 nitrogen and oxygen atoms in total. The van der Waals surface area contributed by atoms with Gasteiger partial charge >= 0.3 is 0 Å². The summed E-state index contributed by atoms with van der Waals surface area (Å²) in [6, 6.07) is 7.35. The van der Waals surface area contributed by atoms with Crippen LogP contribution in [0, 0.1) is 5.92 Å². The number of nitrogens with zero attached hydrogens (tertiary/aromatic N) is 1. The number of hydrogen-bond donors (Lipinski definition) is 2. The normalized spacial score (nSPS) is 19.0. The Balaban J connectivity index is 2.20. The number of nitrogens with one attached hydrogen (secondary N) is 1. The summed E-state index contributed by atoms with van der Waals surface area (Å²) in [5, 5.41) is 3.17. The van der Waals surface area contributed by atoms with Crippen molar-refractivity contribution in [2.24, 2.45) is 11.7 Å². The minimum atomic E-state index is -0.545. The topological polar surface area (TPSA) is 75.4 Å². The number of benzene rings is 1. The summed E-state index contributed by atoms with van der Waals surface area (Å²) in [5.41, 5.74) is 7.70. The van der Waals surface area contributed by atoms with E-state index in [0.717, 1.165) is 17.7 Å². The molecule has 1 aromatic carbocycles. The Bertz CT molecular complexity index is 530. The first-order valence-corrected chi connectivity index (χ1v) is 7.41. The Hall–Kier alpha value is -1.88. The Kier molecular flexibility index (Phi) is 4.96. The van der Waals surface area contributed by atoms with Gasteiger partial charge in [0.15, 0.2) is 0 Å². The van der Waals surface area contributed by atoms with Crippen molar-refractivity contribution in [2.45, 2.75) is 32.9 Å². The van der Waals surface area contributed by atoms with Gasteiger partial charge in [-0.1, -0.05) is 38.1 Å². The van der Waals surface area contributed by atoms with Crippen molar-refractivity contribution in [1.29, 1.82) is 0 Å². The molecule has 114 valence electrons. The fourth-order valence-electron chi connectivity index (χ4n) is 2.74. The van der Waals surface area contributed by atoms with Crippen LogP contribution in [0.3, 0.4) is 0 Å². The van der Waals surface area contributed by atoms with Crippen molar-refractivity contribution in [3.05, 3.63) is 35.4 Å². The number of rotatable bonds is 5. The molecule has 0 saturated carbocycles. The van der Waals surface area contributed by atoms with Crippen LogP contribution in [0.15, 0.2) is 24.3 Å². The minimum absolute atomic E-state index is 0.0192. The monoisotopic (exact) mass is 289 g/mol. The molecule has 0 bridgehead atoms. The predicted octanol–water partition coefficient (Wildman–Crippen LogP) is 0.671. The average Bonchev–Trinajstić information content (AvgIpc) is 2.50. The van der Waals surface area contributed by atoms with Gasteiger partial charge in [0.05, 0.1) is 0 Å². The average molecular weight is 289 g/mol. The molecule has 0 fully saturated rings. The molecule has 2 atom stereocenters. The highest BCUT2D eigenvalue weighted by Crippen LogP contribution is 2.24. The molecule has 21 heavy (non-hydrogen) atoms. The Morgan fingerprint density at radius 3 is 2.67 bits per heavy atom. The van der Waals surface area contributed by atoms with Gasteiger partial charge in [-0.15, -0.1) is 0 Å². The van der Waals surface area contributed by atoms with Crippen LogP contribution in [0.25, 0.3) is 0 Å². The number of primary amides is 1. The lowest BCUT2D eigenvalue weighted by molar-refractivity contribution is -0.143. The van der Waals surface area contributed by atoms with E-state index in [1.807, 2.05) is 38.1 Å². The maximum Gasteiger partial charge on any atom is 0.240 e. The Morgan fingerprint density at radius 1 is 1.38 bits per heavy atom. The lowest BCUT2D eigenvalue weighted by Crippen LogP contribution is -2.53. The standard InChI is InChI=1S/C16H23N3O2/c1-3-18-9-11(2)16(21)19-10-13-7-5-4-6-12(13)8-14(19)15(17)20/h4-7,11,14,18H,3,8-10H2,1-2H3,(H2,17,20)/t11?,14-/m0/s1. The van der Waals surface area contributed by atoms with Crippen LogP contribution in [0.4, 0.5) is 0 Å². The molecule has 1 heterocycles. The lowest BCUT2D eigenvalue weighted by atomic mass is 9.92. The largest absolute Gasteiger partial charge is 0.368 e. The highest BCUT2D eigenvalue weighted by molar-refractivity contribution is 5.88. The van der Waals surface area contributed by atoms with E-state index in [4.69, 9.17) is 5.73 Å². The maximum absolute atomic E-state index is 12.6. The van der Waals surface area contributed by atoms with Gasteiger partial charge in [-0.3, -0.25) is 9.59 Å². The first-order valence-electron chi connectivity index (χ1n) is 7.41. The van der Waals surface area contributed by atoms with E-state index in [0.29, 0.717) is 19.5 Å². The maximum atomic E-state index is 12.6. The SMILES string of the molecule is CCNCC(C)C(=O)N1Cc2ccccc2C[C@H]1C(N)=O. The second-order valence-electron chi connectivity index (χ2n) is 5.57. The molecule has 1 aliphatic rings. The third-order valence-electron chi connectivity index (χ3n) is 3.98. The second kappa shape index (κ2) is 6.72. The summed E-state index contributed by atoms with van der Waals surface area (Å²) in [6.45, 7) is 5.77. The smallest absolute Gasteiger partial charge is 0.240 e. The zero-order valence-electron chi connectivity index (χ0n) is 12.6. The molecular formula is C16H23N3O2. The zero-order valence-corrected chi connectivity index (χ0v) is 12.6. The summed E-state index contributed by atoms with van der Waals surface area (Å²) >= 11 is 0. The van der Waals surface area contributed by atoms with Crippen molar-refractivity contribution >= 4 is 11.8 Å². The summed E-state index contributed by atoms with van der Waals surface area (Å²) < 4.78 is 0. The number of carbonyl (C=O) groups is 2. The molecule has 1 aliphatic heterocycles. The van der Waals surface area contributed by atoms with Crippen molar-refractivity contribution in [3.63, 3.8) is 0 Å². The molecule has 2 rings (SSSR count). The van der Waals surface area contributed by atoms with Crippen LogP contribution >= 0.6 is 0 Å². The number of nitrogens with two attached hydrogens (primary N) is 1. The van der Waals surface area contributed by atoms with Crippen molar-refractivity contribution in [3.8, 4) is 0 Å². The summed E-state index contributed by atoms with van der Waals surface area (Å²) in [4.78, 5) is 26.0. The third-order valence-corrected chi connectivity index (χ3v) is 3.98. The van der Waals surface area contributed by atoms with Crippen LogP contribution in [-0.2, 0) is 22.6 Å². The van der Waals surface area contributed by atoms with Gasteiger partial charge in [0, 0.05) is 25.4 Å². The predicted molar refractivity (Wildman–Crippen MR) is 81.4 cm³/mol. The molecule has 0 saturated heterocycles. The van der Waals surface area contributed by atoms with E-state index in [2.05, 4.69) is 5.32 Å². The van der Waals surface area contributed by atoms with E-state index < -0.39 is 11.9 Å². The molecule has 0 aliphatic carbocycles. The van der Waals surface area contributed by atoms with E-state index in [9.17, 15) is 9.59 Å². The van der Waals surface area contributed by atoms with Gasteiger partial charge in [-0.2, -0.15) is 0 Å². The zero-order chi connectivity index (χ0) is 15.4. The van der Waals surface area contributed by atoms with Crippen LogP contribution in [0.2, 0.25) is 0 Å². The van der Waals surface area contributed by atoms with Gasteiger partial charge in [0.1, 0.15) is 6.04 Å². The van der Waals surface area contributed by atoms with Crippen molar-refractivity contribution < 1.29 is 9.59 Å². The Labute approximate surface area is 125 Å². The summed E-state index contributed by atoms with van der Waals surface area (Å²) in [6.07, 6.45) is 0.505. The molecular weight excluding hydrogens is 266 g/mol. The van der Waals surface area contributed by atoms with Crippen LogP contribution < -0.4 is 11.1 Å². The van der Waals surface area contributed by atoms with Gasteiger partial charge in [0.25, 0.3) is 0 Å². The fraction of sp³-hybridized carbons (Fsp3) is 0.500. The first kappa shape index (κ1) is 15.5. The highest BCUT2D eigenvalue weighted by atomic mass is 16.2. The van der Waals surface area contributed by atoms with Gasteiger partial charge < -0.3 is 16.0 Å². The summed E-state index contributed by atoms with van der Waals surface area (Å²) in [5.74, 6) is -0.625. The quantitative estimate of drug-likeness (QED) is 0.836. The summed E-state index contributed by atoms with van der Waals surface area (Å²) in [7, 11) is 0. The van der Waals surface area contributed by atoms with Crippen LogP contribution in [0.1, 0.15) is 25.0 Å². The van der Waals surface area contributed by atoms with Gasteiger partial charge in [0.2, 0.25) is 11.8 Å². The molecule has 0 radical (unpaired) electrons. The van der Waals surface area contributed by atoms with Crippen molar-refractivity contribution in [1.82, 2.24) is 10.2 Å². The number of fused-ring (bicyclic) bond motifs is 1. The Morgan fingerprint density at radius 2 is 2.05 bits per heavy atom. The minimum Gasteiger partial charge on any atom is -0.368 e. The molecule has 0 spiro atoms. The molecule has 2 amide bonds. The van der Waals surface area contributed by atoms with Gasteiger partial charge in [-0.05, 0) is 17.7 Å². The number of carbonyl (C=O) groups excluding carboxylic acids is 2. The number of amides is 2. The molecule has 1 unspecified atom stereocenters. The van der Waals surface area contributed by atoms with Crippen molar-refractivity contribution in [2.75, 3.05) is 13.1 Å². The molecule has 0 aromatic heterocycles.